The maximum atomic E-state index is 12.6. The lowest BCUT2D eigenvalue weighted by Gasteiger charge is -2.13. The van der Waals surface area contributed by atoms with Crippen LogP contribution in [0.2, 0.25) is 5.02 Å². The highest BCUT2D eigenvalue weighted by Gasteiger charge is 2.15. The lowest BCUT2D eigenvalue weighted by molar-refractivity contribution is -0.127. The first kappa shape index (κ1) is 26.2. The van der Waals surface area contributed by atoms with Gasteiger partial charge in [0.15, 0.2) is 6.10 Å². The molecule has 1 atom stereocenters. The standard InChI is InChI=1S/C26H24BrClN2O5/c1-3-13-33-22-10-7-18(8-11-22)26(32)35-24-12-9-20(27)14-19(24)16-29-30-25(31)17(2)34-23-6-4-5-21(28)15-23/h4-12,14-17H,3,13H2,1-2H3,(H,30,31). The van der Waals surface area contributed by atoms with Gasteiger partial charge in [-0.05, 0) is 74.0 Å². The molecule has 7 nitrogen and oxygen atoms in total. The highest BCUT2D eigenvalue weighted by molar-refractivity contribution is 9.10. The van der Waals surface area contributed by atoms with Crippen LogP contribution in [0, 0.1) is 0 Å². The minimum Gasteiger partial charge on any atom is -0.494 e. The zero-order valence-electron chi connectivity index (χ0n) is 19.2. The van der Waals surface area contributed by atoms with Crippen molar-refractivity contribution in [3.8, 4) is 17.2 Å². The Morgan fingerprint density at radius 2 is 1.86 bits per heavy atom. The van der Waals surface area contributed by atoms with Crippen molar-refractivity contribution in [3.63, 3.8) is 0 Å². The predicted octanol–water partition coefficient (Wildman–Crippen LogP) is 6.03. The largest absolute Gasteiger partial charge is 0.494 e. The molecule has 0 spiro atoms. The monoisotopic (exact) mass is 558 g/mol. The van der Waals surface area contributed by atoms with Gasteiger partial charge in [0.1, 0.15) is 17.2 Å². The average molecular weight is 560 g/mol. The van der Waals surface area contributed by atoms with E-state index in [1.54, 1.807) is 73.7 Å². The van der Waals surface area contributed by atoms with Crippen LogP contribution in [-0.2, 0) is 4.79 Å². The summed E-state index contributed by atoms with van der Waals surface area (Å²) in [6.07, 6.45) is 1.47. The highest BCUT2D eigenvalue weighted by atomic mass is 79.9. The van der Waals surface area contributed by atoms with Gasteiger partial charge in [0, 0.05) is 15.1 Å². The van der Waals surface area contributed by atoms with E-state index in [-0.39, 0.29) is 5.75 Å². The number of hydrogen-bond acceptors (Lipinski definition) is 6. The number of hydrogen-bond donors (Lipinski definition) is 1. The van der Waals surface area contributed by atoms with Crippen molar-refractivity contribution >= 4 is 45.6 Å². The number of esters is 1. The van der Waals surface area contributed by atoms with E-state index in [1.807, 2.05) is 6.92 Å². The lowest BCUT2D eigenvalue weighted by atomic mass is 10.2. The van der Waals surface area contributed by atoms with Crippen LogP contribution in [0.1, 0.15) is 36.2 Å². The molecule has 0 heterocycles. The number of carbonyl (C=O) groups excluding carboxylic acids is 2. The van der Waals surface area contributed by atoms with E-state index in [4.69, 9.17) is 25.8 Å². The molecule has 3 aromatic rings. The van der Waals surface area contributed by atoms with Crippen LogP contribution < -0.4 is 19.6 Å². The Hall–Kier alpha value is -3.36. The minimum atomic E-state index is -0.810. The van der Waals surface area contributed by atoms with Crippen LogP contribution in [0.3, 0.4) is 0 Å². The summed E-state index contributed by atoms with van der Waals surface area (Å²) in [5.41, 5.74) is 3.28. The lowest BCUT2D eigenvalue weighted by Crippen LogP contribution is -2.33. The average Bonchev–Trinajstić information content (AvgIpc) is 2.84. The van der Waals surface area contributed by atoms with Gasteiger partial charge in [-0.2, -0.15) is 5.10 Å². The van der Waals surface area contributed by atoms with E-state index < -0.39 is 18.0 Å². The molecular weight excluding hydrogens is 536 g/mol. The fourth-order valence-electron chi connectivity index (χ4n) is 2.83. The molecule has 0 saturated heterocycles. The van der Waals surface area contributed by atoms with Gasteiger partial charge in [-0.15, -0.1) is 0 Å². The molecule has 0 radical (unpaired) electrons. The molecule has 0 saturated carbocycles. The van der Waals surface area contributed by atoms with Crippen molar-refractivity contribution in [2.24, 2.45) is 5.10 Å². The topological polar surface area (TPSA) is 86.2 Å². The van der Waals surface area contributed by atoms with Gasteiger partial charge in [-0.3, -0.25) is 4.79 Å². The highest BCUT2D eigenvalue weighted by Crippen LogP contribution is 2.23. The van der Waals surface area contributed by atoms with Crippen LogP contribution in [0.5, 0.6) is 17.2 Å². The Bertz CT molecular complexity index is 1200. The number of nitrogens with one attached hydrogen (secondary N) is 1. The summed E-state index contributed by atoms with van der Waals surface area (Å²) in [7, 11) is 0. The molecule has 0 bridgehead atoms. The zero-order chi connectivity index (χ0) is 25.2. The molecule has 1 N–H and O–H groups in total. The maximum Gasteiger partial charge on any atom is 0.343 e. The molecule has 9 heteroatoms. The van der Waals surface area contributed by atoms with E-state index >= 15 is 0 Å². The van der Waals surface area contributed by atoms with Crippen LogP contribution in [0.15, 0.2) is 76.3 Å². The third kappa shape index (κ3) is 8.12. The van der Waals surface area contributed by atoms with E-state index in [1.165, 1.54) is 6.21 Å². The summed E-state index contributed by atoms with van der Waals surface area (Å²) >= 11 is 9.33. The third-order valence-corrected chi connectivity index (χ3v) is 5.32. The first-order valence-electron chi connectivity index (χ1n) is 10.9. The summed E-state index contributed by atoms with van der Waals surface area (Å²) in [5, 5.41) is 4.49. The molecule has 0 fully saturated rings. The number of nitrogens with zero attached hydrogens (tertiary/aromatic N) is 1. The number of benzene rings is 3. The number of rotatable bonds is 10. The number of halogens is 2. The van der Waals surface area contributed by atoms with Crippen molar-refractivity contribution in [3.05, 3.63) is 87.4 Å². The summed E-state index contributed by atoms with van der Waals surface area (Å²) in [4.78, 5) is 25.0. The third-order valence-electron chi connectivity index (χ3n) is 4.59. The van der Waals surface area contributed by atoms with Gasteiger partial charge in [0.2, 0.25) is 0 Å². The van der Waals surface area contributed by atoms with Crippen molar-refractivity contribution in [1.82, 2.24) is 5.43 Å². The number of carbonyl (C=O) groups is 2. The van der Waals surface area contributed by atoms with E-state index in [0.717, 1.165) is 10.9 Å². The summed E-state index contributed by atoms with van der Waals surface area (Å²) in [6, 6.07) is 18.6. The molecule has 0 aliphatic heterocycles. The van der Waals surface area contributed by atoms with Gasteiger partial charge >= 0.3 is 5.97 Å². The van der Waals surface area contributed by atoms with Gasteiger partial charge < -0.3 is 14.2 Å². The van der Waals surface area contributed by atoms with E-state index in [0.29, 0.717) is 34.3 Å². The molecule has 0 aliphatic rings. The molecule has 1 amide bonds. The molecule has 0 aliphatic carbocycles. The SMILES string of the molecule is CCCOc1ccc(C(=O)Oc2ccc(Br)cc2C=NNC(=O)C(C)Oc2cccc(Cl)c2)cc1. The molecule has 3 aromatic carbocycles. The Balaban J connectivity index is 1.63. The quantitative estimate of drug-likeness (QED) is 0.142. The minimum absolute atomic E-state index is 0.283. The number of ether oxygens (including phenoxy) is 3. The van der Waals surface area contributed by atoms with Crippen LogP contribution >= 0.6 is 27.5 Å². The van der Waals surface area contributed by atoms with Crippen molar-refractivity contribution in [2.75, 3.05) is 6.61 Å². The Morgan fingerprint density at radius 1 is 1.09 bits per heavy atom. The predicted molar refractivity (Wildman–Crippen MR) is 139 cm³/mol. The van der Waals surface area contributed by atoms with Gasteiger partial charge in [0.25, 0.3) is 5.91 Å². The van der Waals surface area contributed by atoms with Gasteiger partial charge in [0.05, 0.1) is 18.4 Å². The fourth-order valence-corrected chi connectivity index (χ4v) is 3.39. The van der Waals surface area contributed by atoms with Gasteiger partial charge in [-0.1, -0.05) is 40.5 Å². The fraction of sp³-hybridized carbons (Fsp3) is 0.192. The Kier molecular flexibility index (Phi) is 9.69. The second-order valence-electron chi connectivity index (χ2n) is 7.40. The Morgan fingerprint density at radius 3 is 2.57 bits per heavy atom. The first-order valence-corrected chi connectivity index (χ1v) is 12.0. The molecule has 1 unspecified atom stereocenters. The van der Waals surface area contributed by atoms with Gasteiger partial charge in [-0.25, -0.2) is 10.2 Å². The van der Waals surface area contributed by atoms with Crippen LogP contribution in [0.4, 0.5) is 0 Å². The normalized spacial score (nSPS) is 11.7. The van der Waals surface area contributed by atoms with Crippen molar-refractivity contribution < 1.29 is 23.8 Å². The molecule has 35 heavy (non-hydrogen) atoms. The first-order chi connectivity index (χ1) is 16.9. The van der Waals surface area contributed by atoms with Crippen molar-refractivity contribution in [1.29, 1.82) is 0 Å². The zero-order valence-corrected chi connectivity index (χ0v) is 21.5. The Labute approximate surface area is 217 Å². The maximum absolute atomic E-state index is 12.6. The van der Waals surface area contributed by atoms with Crippen molar-refractivity contribution in [2.45, 2.75) is 26.4 Å². The van der Waals surface area contributed by atoms with Crippen LogP contribution in [0.25, 0.3) is 0 Å². The van der Waals surface area contributed by atoms with Crippen LogP contribution in [-0.4, -0.2) is 30.8 Å². The summed E-state index contributed by atoms with van der Waals surface area (Å²) in [6.45, 7) is 4.22. The molecular formula is C26H24BrClN2O5. The van der Waals surface area contributed by atoms with E-state index in [2.05, 4.69) is 26.5 Å². The second-order valence-corrected chi connectivity index (χ2v) is 8.75. The summed E-state index contributed by atoms with van der Waals surface area (Å²) < 4.78 is 17.4. The number of hydrazone groups is 1. The molecule has 0 aromatic heterocycles. The molecule has 3 rings (SSSR count). The number of amides is 1. The summed E-state index contributed by atoms with van der Waals surface area (Å²) in [5.74, 6) is 0.446. The molecule has 182 valence electrons. The van der Waals surface area contributed by atoms with E-state index in [9.17, 15) is 9.59 Å². The smallest absolute Gasteiger partial charge is 0.343 e. The second kappa shape index (κ2) is 12.9.